The number of hydrogen-bond donors (Lipinski definition) is 1. The molecule has 0 aliphatic heterocycles. The summed E-state index contributed by atoms with van der Waals surface area (Å²) >= 11 is 0. The molecule has 0 spiro atoms. The van der Waals surface area contributed by atoms with Crippen LogP contribution in [-0.4, -0.2) is 25.8 Å². The predicted molar refractivity (Wildman–Crippen MR) is 58.7 cm³/mol. The molecule has 0 aromatic carbocycles. The topological polar surface area (TPSA) is 77.2 Å². The lowest BCUT2D eigenvalue weighted by Crippen LogP contribution is -2.01. The normalized spacial score (nSPS) is 10.2. The van der Waals surface area contributed by atoms with E-state index >= 15 is 0 Å². The largest absolute Gasteiger partial charge is 0.486 e. The van der Waals surface area contributed by atoms with Gasteiger partial charge in [-0.2, -0.15) is 5.10 Å². The third kappa shape index (κ3) is 2.81. The number of nitrogens with zero attached hydrogens (tertiary/aromatic N) is 3. The number of carbonyl (C=O) groups is 1. The maximum atomic E-state index is 10.7. The van der Waals surface area contributed by atoms with E-state index in [1.807, 2.05) is 19.3 Å². The number of aryl methyl sites for hydroxylation is 1. The Hall–Kier alpha value is -2.37. The average molecular weight is 233 g/mol. The van der Waals surface area contributed by atoms with Crippen LogP contribution in [0.25, 0.3) is 0 Å². The van der Waals surface area contributed by atoms with Gasteiger partial charge < -0.3 is 9.84 Å². The molecule has 0 fully saturated rings. The van der Waals surface area contributed by atoms with Crippen molar-refractivity contribution in [3.8, 4) is 5.75 Å². The average Bonchev–Trinajstić information content (AvgIpc) is 2.73. The molecule has 6 heteroatoms. The molecular weight excluding hydrogens is 222 g/mol. The van der Waals surface area contributed by atoms with Gasteiger partial charge in [0, 0.05) is 19.4 Å². The fraction of sp³-hybridized carbons (Fsp3) is 0.182. The highest BCUT2D eigenvalue weighted by Gasteiger charge is 2.05. The molecule has 2 aromatic rings. The van der Waals surface area contributed by atoms with Crippen molar-refractivity contribution in [1.29, 1.82) is 0 Å². The number of carboxylic acids is 1. The highest BCUT2D eigenvalue weighted by Crippen LogP contribution is 2.12. The van der Waals surface area contributed by atoms with Crippen molar-refractivity contribution in [2.45, 2.75) is 6.61 Å². The molecule has 0 aliphatic rings. The van der Waals surface area contributed by atoms with E-state index in [2.05, 4.69) is 10.1 Å². The van der Waals surface area contributed by atoms with Crippen LogP contribution in [0.3, 0.4) is 0 Å². The molecule has 0 radical (unpaired) electrons. The Bertz CT molecular complexity index is 536. The van der Waals surface area contributed by atoms with Crippen molar-refractivity contribution < 1.29 is 14.6 Å². The minimum atomic E-state index is -1.03. The summed E-state index contributed by atoms with van der Waals surface area (Å²) in [6, 6.07) is 3.26. The van der Waals surface area contributed by atoms with Gasteiger partial charge in [0.25, 0.3) is 0 Å². The van der Waals surface area contributed by atoms with Gasteiger partial charge in [-0.3, -0.25) is 9.67 Å². The third-order valence-corrected chi connectivity index (χ3v) is 2.12. The molecule has 0 amide bonds. The third-order valence-electron chi connectivity index (χ3n) is 2.12. The van der Waals surface area contributed by atoms with Gasteiger partial charge in [0.1, 0.15) is 12.4 Å². The summed E-state index contributed by atoms with van der Waals surface area (Å²) in [6.07, 6.45) is 4.55. The van der Waals surface area contributed by atoms with E-state index in [9.17, 15) is 4.79 Å². The summed E-state index contributed by atoms with van der Waals surface area (Å²) in [7, 11) is 1.82. The predicted octanol–water partition coefficient (Wildman–Crippen LogP) is 1.09. The van der Waals surface area contributed by atoms with E-state index in [0.29, 0.717) is 5.75 Å². The SMILES string of the molecule is Cn1ccc(COc2cncc(C(=O)O)c2)n1. The first-order valence-electron chi connectivity index (χ1n) is 4.95. The van der Waals surface area contributed by atoms with Crippen molar-refractivity contribution in [1.82, 2.24) is 14.8 Å². The highest BCUT2D eigenvalue weighted by atomic mass is 16.5. The fourth-order valence-corrected chi connectivity index (χ4v) is 1.31. The smallest absolute Gasteiger partial charge is 0.337 e. The van der Waals surface area contributed by atoms with E-state index in [-0.39, 0.29) is 12.2 Å². The van der Waals surface area contributed by atoms with Gasteiger partial charge in [-0.05, 0) is 12.1 Å². The number of carboxylic acid groups (broad SMARTS) is 1. The summed E-state index contributed by atoms with van der Waals surface area (Å²) in [6.45, 7) is 0.283. The van der Waals surface area contributed by atoms with E-state index in [4.69, 9.17) is 9.84 Å². The van der Waals surface area contributed by atoms with Crippen molar-refractivity contribution in [3.63, 3.8) is 0 Å². The van der Waals surface area contributed by atoms with Crippen LogP contribution >= 0.6 is 0 Å². The van der Waals surface area contributed by atoms with Gasteiger partial charge in [0.15, 0.2) is 0 Å². The molecule has 1 N–H and O–H groups in total. The van der Waals surface area contributed by atoms with Gasteiger partial charge in [0.2, 0.25) is 0 Å². The second kappa shape index (κ2) is 4.65. The molecule has 2 aromatic heterocycles. The Morgan fingerprint density at radius 3 is 3.00 bits per heavy atom. The van der Waals surface area contributed by atoms with E-state index < -0.39 is 5.97 Å². The first-order valence-corrected chi connectivity index (χ1v) is 4.95. The Balaban J connectivity index is 2.04. The van der Waals surface area contributed by atoms with Crippen molar-refractivity contribution in [2.75, 3.05) is 0 Å². The molecule has 17 heavy (non-hydrogen) atoms. The number of pyridine rings is 1. The van der Waals surface area contributed by atoms with Crippen LogP contribution in [0.4, 0.5) is 0 Å². The Morgan fingerprint density at radius 2 is 2.35 bits per heavy atom. The Morgan fingerprint density at radius 1 is 1.53 bits per heavy atom. The summed E-state index contributed by atoms with van der Waals surface area (Å²) in [5.41, 5.74) is 0.872. The zero-order valence-corrected chi connectivity index (χ0v) is 9.20. The monoisotopic (exact) mass is 233 g/mol. The first kappa shape index (κ1) is 11.1. The second-order valence-corrected chi connectivity index (χ2v) is 3.48. The lowest BCUT2D eigenvalue weighted by Gasteiger charge is -2.04. The number of aromatic carboxylic acids is 1. The fourth-order valence-electron chi connectivity index (χ4n) is 1.31. The van der Waals surface area contributed by atoms with Crippen LogP contribution in [0.5, 0.6) is 5.75 Å². The first-order chi connectivity index (χ1) is 8.15. The van der Waals surface area contributed by atoms with Crippen molar-refractivity contribution in [2.24, 2.45) is 7.05 Å². The minimum absolute atomic E-state index is 0.100. The number of rotatable bonds is 4. The zero-order valence-electron chi connectivity index (χ0n) is 9.20. The van der Waals surface area contributed by atoms with Gasteiger partial charge in [0.05, 0.1) is 17.5 Å². The molecule has 0 atom stereocenters. The summed E-state index contributed by atoms with van der Waals surface area (Å²) < 4.78 is 7.07. The molecule has 6 nitrogen and oxygen atoms in total. The second-order valence-electron chi connectivity index (χ2n) is 3.48. The van der Waals surface area contributed by atoms with E-state index in [1.165, 1.54) is 18.5 Å². The van der Waals surface area contributed by atoms with Crippen LogP contribution in [0.15, 0.2) is 30.7 Å². The van der Waals surface area contributed by atoms with Gasteiger partial charge in [-0.15, -0.1) is 0 Å². The number of ether oxygens (including phenoxy) is 1. The molecule has 0 bridgehead atoms. The Labute approximate surface area is 97.5 Å². The van der Waals surface area contributed by atoms with E-state index in [1.54, 1.807) is 4.68 Å². The van der Waals surface area contributed by atoms with Crippen LogP contribution in [0.2, 0.25) is 0 Å². The standard InChI is InChI=1S/C11H11N3O3/c1-14-3-2-9(13-14)7-17-10-4-8(11(15)16)5-12-6-10/h2-6H,7H2,1H3,(H,15,16). The van der Waals surface area contributed by atoms with Gasteiger partial charge >= 0.3 is 5.97 Å². The van der Waals surface area contributed by atoms with Gasteiger partial charge in [-0.1, -0.05) is 0 Å². The minimum Gasteiger partial charge on any atom is -0.486 e. The zero-order chi connectivity index (χ0) is 12.3. The van der Waals surface area contributed by atoms with Crippen molar-refractivity contribution >= 4 is 5.97 Å². The molecular formula is C11H11N3O3. The summed E-state index contributed by atoms with van der Waals surface area (Å²) in [5, 5.41) is 12.9. The Kier molecular flexibility index (Phi) is 3.04. The van der Waals surface area contributed by atoms with Crippen LogP contribution in [0.1, 0.15) is 16.1 Å². The quantitative estimate of drug-likeness (QED) is 0.855. The number of hydrogen-bond acceptors (Lipinski definition) is 4. The van der Waals surface area contributed by atoms with Crippen LogP contribution in [-0.2, 0) is 13.7 Å². The summed E-state index contributed by atoms with van der Waals surface area (Å²) in [5.74, 6) is -0.615. The highest BCUT2D eigenvalue weighted by molar-refractivity contribution is 5.87. The van der Waals surface area contributed by atoms with Crippen molar-refractivity contribution in [3.05, 3.63) is 42.0 Å². The summed E-state index contributed by atoms with van der Waals surface area (Å²) in [4.78, 5) is 14.5. The molecule has 0 unspecified atom stereocenters. The molecule has 0 aliphatic carbocycles. The molecule has 0 saturated heterocycles. The molecule has 88 valence electrons. The lowest BCUT2D eigenvalue weighted by atomic mass is 10.3. The molecule has 2 heterocycles. The molecule has 0 saturated carbocycles. The van der Waals surface area contributed by atoms with Gasteiger partial charge in [-0.25, -0.2) is 4.79 Å². The maximum Gasteiger partial charge on any atom is 0.337 e. The number of aromatic nitrogens is 3. The van der Waals surface area contributed by atoms with E-state index in [0.717, 1.165) is 5.69 Å². The van der Waals surface area contributed by atoms with Crippen LogP contribution < -0.4 is 4.74 Å². The lowest BCUT2D eigenvalue weighted by molar-refractivity contribution is 0.0696. The maximum absolute atomic E-state index is 10.7. The van der Waals surface area contributed by atoms with Crippen LogP contribution in [0, 0.1) is 0 Å². The molecule has 2 rings (SSSR count).